The molecule has 2 amide bonds. The predicted octanol–water partition coefficient (Wildman–Crippen LogP) is 1.65. The standard InChI is InChI=1S/C14H13N5O5S/c1-8-3-4-10(19(21)22)5-11(8)18-7-9-6-15-13(25(2,23)24)16-12(9)17-14(18)20/h3-6H,7H2,1-2H3,(H,15,16,17,20). The van der Waals surface area contributed by atoms with Gasteiger partial charge in [-0.15, -0.1) is 0 Å². The molecule has 130 valence electrons. The van der Waals surface area contributed by atoms with E-state index in [2.05, 4.69) is 15.3 Å². The molecule has 0 fully saturated rings. The molecule has 0 unspecified atom stereocenters. The summed E-state index contributed by atoms with van der Waals surface area (Å²) < 4.78 is 23.0. The minimum absolute atomic E-state index is 0.0627. The van der Waals surface area contributed by atoms with Crippen LogP contribution in [0.4, 0.5) is 22.0 Å². The van der Waals surface area contributed by atoms with E-state index in [9.17, 15) is 23.3 Å². The minimum Gasteiger partial charge on any atom is -0.291 e. The van der Waals surface area contributed by atoms with Gasteiger partial charge in [-0.2, -0.15) is 0 Å². The highest BCUT2D eigenvalue weighted by atomic mass is 32.2. The van der Waals surface area contributed by atoms with Crippen LogP contribution in [0.3, 0.4) is 0 Å². The first kappa shape index (κ1) is 16.8. The van der Waals surface area contributed by atoms with Gasteiger partial charge in [0, 0.05) is 30.1 Å². The number of nitro benzene ring substituents is 1. The third kappa shape index (κ3) is 3.13. The molecular formula is C14H13N5O5S. The Morgan fingerprint density at radius 3 is 2.72 bits per heavy atom. The molecule has 2 aromatic rings. The summed E-state index contributed by atoms with van der Waals surface area (Å²) >= 11 is 0. The lowest BCUT2D eigenvalue weighted by Crippen LogP contribution is -2.39. The van der Waals surface area contributed by atoms with Crippen molar-refractivity contribution in [3.05, 3.63) is 45.6 Å². The number of non-ortho nitro benzene ring substituents is 1. The Kier molecular flexibility index (Phi) is 3.87. The van der Waals surface area contributed by atoms with Crippen molar-refractivity contribution in [3.63, 3.8) is 0 Å². The summed E-state index contributed by atoms with van der Waals surface area (Å²) in [5, 5.41) is 13.1. The number of fused-ring (bicyclic) bond motifs is 1. The fraction of sp³-hybridized carbons (Fsp3) is 0.214. The number of nitro groups is 1. The molecule has 0 radical (unpaired) electrons. The smallest absolute Gasteiger partial charge is 0.291 e. The van der Waals surface area contributed by atoms with Crippen LogP contribution in [0.15, 0.2) is 29.6 Å². The fourth-order valence-electron chi connectivity index (χ4n) is 2.40. The highest BCUT2D eigenvalue weighted by Gasteiger charge is 2.28. The van der Waals surface area contributed by atoms with E-state index in [1.807, 2.05) is 0 Å². The van der Waals surface area contributed by atoms with Gasteiger partial charge in [-0.3, -0.25) is 20.3 Å². The maximum atomic E-state index is 12.4. The van der Waals surface area contributed by atoms with Gasteiger partial charge >= 0.3 is 6.03 Å². The van der Waals surface area contributed by atoms with Crippen LogP contribution in [0, 0.1) is 17.0 Å². The lowest BCUT2D eigenvalue weighted by molar-refractivity contribution is -0.384. The number of hydrogen-bond acceptors (Lipinski definition) is 7. The summed E-state index contributed by atoms with van der Waals surface area (Å²) in [6.07, 6.45) is 2.29. The molecule has 11 heteroatoms. The number of carbonyl (C=O) groups excluding carboxylic acids is 1. The van der Waals surface area contributed by atoms with Gasteiger partial charge < -0.3 is 0 Å². The van der Waals surface area contributed by atoms with Gasteiger partial charge in [-0.05, 0) is 12.5 Å². The monoisotopic (exact) mass is 363 g/mol. The molecule has 1 aromatic carbocycles. The number of urea groups is 1. The molecule has 0 atom stereocenters. The van der Waals surface area contributed by atoms with Crippen LogP contribution in [0.25, 0.3) is 0 Å². The van der Waals surface area contributed by atoms with E-state index in [0.29, 0.717) is 16.8 Å². The first-order chi connectivity index (χ1) is 11.7. The first-order valence-corrected chi connectivity index (χ1v) is 8.95. The molecule has 1 aliphatic heterocycles. The zero-order valence-corrected chi connectivity index (χ0v) is 14.1. The maximum Gasteiger partial charge on any atom is 0.327 e. The van der Waals surface area contributed by atoms with Gasteiger partial charge in [0.1, 0.15) is 5.82 Å². The van der Waals surface area contributed by atoms with Gasteiger partial charge in [0.2, 0.25) is 15.0 Å². The molecular weight excluding hydrogens is 350 g/mol. The number of rotatable bonds is 3. The lowest BCUT2D eigenvalue weighted by atomic mass is 10.1. The lowest BCUT2D eigenvalue weighted by Gasteiger charge is -2.29. The number of aromatic nitrogens is 2. The van der Waals surface area contributed by atoms with Crippen LogP contribution in [-0.2, 0) is 16.4 Å². The van der Waals surface area contributed by atoms with Crippen molar-refractivity contribution in [2.45, 2.75) is 18.6 Å². The van der Waals surface area contributed by atoms with Crippen molar-refractivity contribution in [1.29, 1.82) is 0 Å². The van der Waals surface area contributed by atoms with Crippen LogP contribution < -0.4 is 10.2 Å². The molecule has 25 heavy (non-hydrogen) atoms. The van der Waals surface area contributed by atoms with E-state index in [-0.39, 0.29) is 23.2 Å². The van der Waals surface area contributed by atoms with Crippen LogP contribution in [-0.4, -0.2) is 35.6 Å². The summed E-state index contributed by atoms with van der Waals surface area (Å²) in [4.78, 5) is 31.8. The summed E-state index contributed by atoms with van der Waals surface area (Å²) in [6, 6.07) is 3.66. The predicted molar refractivity (Wildman–Crippen MR) is 88.2 cm³/mol. The third-order valence-corrected chi connectivity index (χ3v) is 4.53. The van der Waals surface area contributed by atoms with E-state index in [1.54, 1.807) is 13.0 Å². The largest absolute Gasteiger partial charge is 0.327 e. The Bertz CT molecular complexity index is 1000. The molecule has 0 saturated heterocycles. The summed E-state index contributed by atoms with van der Waals surface area (Å²) in [7, 11) is -3.60. The van der Waals surface area contributed by atoms with Crippen molar-refractivity contribution in [3.8, 4) is 0 Å². The van der Waals surface area contributed by atoms with Gasteiger partial charge in [-0.25, -0.2) is 23.2 Å². The van der Waals surface area contributed by atoms with Crippen molar-refractivity contribution in [1.82, 2.24) is 9.97 Å². The van der Waals surface area contributed by atoms with E-state index in [0.717, 1.165) is 6.26 Å². The molecule has 0 spiro atoms. The Hall–Kier alpha value is -3.08. The summed E-state index contributed by atoms with van der Waals surface area (Å²) in [5.74, 6) is 0.111. The fourth-order valence-corrected chi connectivity index (χ4v) is 2.90. The summed E-state index contributed by atoms with van der Waals surface area (Å²) in [5.41, 5.74) is 1.42. The normalized spacial score (nSPS) is 14.0. The van der Waals surface area contributed by atoms with E-state index in [4.69, 9.17) is 0 Å². The second-order valence-corrected chi connectivity index (χ2v) is 7.45. The Morgan fingerprint density at radius 2 is 2.08 bits per heavy atom. The number of anilines is 2. The van der Waals surface area contributed by atoms with Gasteiger partial charge in [0.25, 0.3) is 5.69 Å². The number of amides is 2. The molecule has 3 rings (SSSR count). The molecule has 2 heterocycles. The number of sulfone groups is 1. The van der Waals surface area contributed by atoms with Crippen molar-refractivity contribution in [2.24, 2.45) is 0 Å². The van der Waals surface area contributed by atoms with Gasteiger partial charge in [0.05, 0.1) is 17.2 Å². The van der Waals surface area contributed by atoms with Crippen LogP contribution in [0.1, 0.15) is 11.1 Å². The maximum absolute atomic E-state index is 12.4. The van der Waals surface area contributed by atoms with Crippen LogP contribution in [0.5, 0.6) is 0 Å². The zero-order chi connectivity index (χ0) is 18.4. The van der Waals surface area contributed by atoms with E-state index < -0.39 is 20.8 Å². The molecule has 10 nitrogen and oxygen atoms in total. The molecule has 1 aromatic heterocycles. The minimum atomic E-state index is -3.60. The van der Waals surface area contributed by atoms with Crippen LogP contribution >= 0.6 is 0 Å². The highest BCUT2D eigenvalue weighted by molar-refractivity contribution is 7.90. The van der Waals surface area contributed by atoms with Crippen molar-refractivity contribution >= 4 is 33.1 Å². The van der Waals surface area contributed by atoms with Crippen molar-refractivity contribution < 1.29 is 18.1 Å². The van der Waals surface area contributed by atoms with Gasteiger partial charge in [0.15, 0.2) is 0 Å². The highest BCUT2D eigenvalue weighted by Crippen LogP contribution is 2.31. The molecule has 0 bridgehead atoms. The Labute approximate surface area is 142 Å². The first-order valence-electron chi connectivity index (χ1n) is 7.06. The molecule has 0 saturated carbocycles. The number of nitrogens with zero attached hydrogens (tertiary/aromatic N) is 4. The number of carbonyl (C=O) groups is 1. The number of nitrogens with one attached hydrogen (secondary N) is 1. The SMILES string of the molecule is Cc1ccc([N+](=O)[O-])cc1N1Cc2cnc(S(C)(=O)=O)nc2NC1=O. The van der Waals surface area contributed by atoms with Crippen molar-refractivity contribution in [2.75, 3.05) is 16.5 Å². The average Bonchev–Trinajstić information content (AvgIpc) is 2.53. The molecule has 1 N–H and O–H groups in total. The zero-order valence-electron chi connectivity index (χ0n) is 13.3. The quantitative estimate of drug-likeness (QED) is 0.497. The number of hydrogen-bond donors (Lipinski definition) is 1. The number of aryl methyl sites for hydroxylation is 1. The van der Waals surface area contributed by atoms with E-state index in [1.165, 1.54) is 23.2 Å². The van der Waals surface area contributed by atoms with Crippen LogP contribution in [0.2, 0.25) is 0 Å². The molecule has 0 aliphatic carbocycles. The second-order valence-electron chi connectivity index (χ2n) is 5.54. The number of benzene rings is 1. The third-order valence-electron chi connectivity index (χ3n) is 3.67. The van der Waals surface area contributed by atoms with Gasteiger partial charge in [-0.1, -0.05) is 6.07 Å². The summed E-state index contributed by atoms with van der Waals surface area (Å²) in [6.45, 7) is 1.79. The topological polar surface area (TPSA) is 135 Å². The Balaban J connectivity index is 2.02. The second kappa shape index (κ2) is 5.77. The Morgan fingerprint density at radius 1 is 1.36 bits per heavy atom. The average molecular weight is 363 g/mol. The van der Waals surface area contributed by atoms with E-state index >= 15 is 0 Å². The molecule has 1 aliphatic rings.